The molecular formula is C15H13BrN4S. The second-order valence-corrected chi connectivity index (χ2v) is 6.37. The van der Waals surface area contributed by atoms with Crippen molar-refractivity contribution in [2.75, 3.05) is 5.32 Å². The monoisotopic (exact) mass is 360 g/mol. The molecule has 0 spiro atoms. The minimum absolute atomic E-state index is 0.797. The predicted molar refractivity (Wildman–Crippen MR) is 88.4 cm³/mol. The van der Waals surface area contributed by atoms with E-state index < -0.39 is 0 Å². The zero-order chi connectivity index (χ0) is 14.5. The number of aromatic amines is 1. The Morgan fingerprint density at radius 1 is 1.05 bits per heavy atom. The van der Waals surface area contributed by atoms with Crippen LogP contribution in [0, 0.1) is 0 Å². The van der Waals surface area contributed by atoms with Crippen LogP contribution in [0.15, 0.2) is 69.4 Å². The minimum Gasteiger partial charge on any atom is -0.381 e. The lowest BCUT2D eigenvalue weighted by Gasteiger charge is -2.07. The van der Waals surface area contributed by atoms with Gasteiger partial charge >= 0.3 is 0 Å². The van der Waals surface area contributed by atoms with E-state index in [4.69, 9.17) is 0 Å². The molecule has 0 bridgehead atoms. The van der Waals surface area contributed by atoms with Crippen molar-refractivity contribution in [3.8, 4) is 0 Å². The number of halogens is 1. The number of aromatic nitrogens is 3. The molecule has 0 aliphatic rings. The van der Waals surface area contributed by atoms with Crippen LogP contribution in [-0.2, 0) is 6.54 Å². The fraction of sp³-hybridized carbons (Fsp3) is 0.0667. The van der Waals surface area contributed by atoms with E-state index in [2.05, 4.69) is 72.8 Å². The highest BCUT2D eigenvalue weighted by Crippen LogP contribution is 2.25. The number of anilines is 1. The van der Waals surface area contributed by atoms with E-state index >= 15 is 0 Å². The molecule has 1 heterocycles. The van der Waals surface area contributed by atoms with E-state index in [1.54, 1.807) is 11.8 Å². The summed E-state index contributed by atoms with van der Waals surface area (Å²) in [6, 6.07) is 16.6. The number of hydrogen-bond acceptors (Lipinski definition) is 4. The molecule has 0 saturated carbocycles. The topological polar surface area (TPSA) is 53.6 Å². The van der Waals surface area contributed by atoms with Crippen molar-refractivity contribution in [2.45, 2.75) is 16.6 Å². The van der Waals surface area contributed by atoms with E-state index in [0.29, 0.717) is 0 Å². The number of nitrogens with one attached hydrogen (secondary N) is 2. The summed E-state index contributed by atoms with van der Waals surface area (Å²) >= 11 is 5.00. The molecule has 1 aromatic heterocycles. The van der Waals surface area contributed by atoms with Crippen molar-refractivity contribution in [1.29, 1.82) is 0 Å². The predicted octanol–water partition coefficient (Wildman–Crippen LogP) is 4.33. The third-order valence-electron chi connectivity index (χ3n) is 2.87. The van der Waals surface area contributed by atoms with Gasteiger partial charge in [0.15, 0.2) is 5.16 Å². The molecule has 106 valence electrons. The summed E-state index contributed by atoms with van der Waals surface area (Å²) in [6.45, 7) is 0.807. The zero-order valence-corrected chi connectivity index (χ0v) is 13.5. The number of nitrogens with zero attached hydrogens (tertiary/aromatic N) is 2. The first-order chi connectivity index (χ1) is 10.3. The van der Waals surface area contributed by atoms with Crippen molar-refractivity contribution in [2.24, 2.45) is 0 Å². The molecule has 0 atom stereocenters. The molecule has 6 heteroatoms. The van der Waals surface area contributed by atoms with Crippen molar-refractivity contribution >= 4 is 33.4 Å². The number of rotatable bonds is 5. The summed E-state index contributed by atoms with van der Waals surface area (Å²) in [4.78, 5) is 5.22. The fourth-order valence-electron chi connectivity index (χ4n) is 1.80. The highest BCUT2D eigenvalue weighted by Gasteiger charge is 2.00. The van der Waals surface area contributed by atoms with E-state index in [1.807, 2.05) is 12.1 Å². The maximum Gasteiger partial charge on any atom is 0.188 e. The van der Waals surface area contributed by atoms with Crippen LogP contribution in [0.4, 0.5) is 5.69 Å². The first kappa shape index (κ1) is 14.2. The molecule has 2 aromatic carbocycles. The molecule has 0 saturated heterocycles. The van der Waals surface area contributed by atoms with Crippen molar-refractivity contribution < 1.29 is 0 Å². The Bertz CT molecular complexity index is 681. The maximum atomic E-state index is 4.09. The fourth-order valence-corrected chi connectivity index (χ4v) is 2.76. The molecule has 0 aliphatic carbocycles. The quantitative estimate of drug-likeness (QED) is 0.710. The van der Waals surface area contributed by atoms with Crippen molar-refractivity contribution in [3.63, 3.8) is 0 Å². The molecular weight excluding hydrogens is 348 g/mol. The third kappa shape index (κ3) is 4.09. The van der Waals surface area contributed by atoms with Crippen LogP contribution in [0.3, 0.4) is 0 Å². The van der Waals surface area contributed by atoms with E-state index in [0.717, 1.165) is 26.8 Å². The van der Waals surface area contributed by atoms with Crippen molar-refractivity contribution in [3.05, 3.63) is 64.9 Å². The van der Waals surface area contributed by atoms with Crippen molar-refractivity contribution in [1.82, 2.24) is 15.2 Å². The second kappa shape index (κ2) is 6.78. The Hall–Kier alpha value is -1.79. The van der Waals surface area contributed by atoms with Gasteiger partial charge in [0.1, 0.15) is 6.33 Å². The minimum atomic E-state index is 0.797. The Labute approximate surface area is 135 Å². The first-order valence-electron chi connectivity index (χ1n) is 6.41. The zero-order valence-electron chi connectivity index (χ0n) is 11.1. The van der Waals surface area contributed by atoms with Crippen LogP contribution < -0.4 is 5.32 Å². The third-order valence-corrected chi connectivity index (χ3v) is 4.30. The van der Waals surface area contributed by atoms with Crippen LogP contribution in [0.2, 0.25) is 0 Å². The standard InChI is InChI=1S/C15H13BrN4S/c16-12-3-1-11(2-4-12)9-17-13-5-7-14(8-6-13)21-15-18-10-19-20-15/h1-8,10,17H,9H2,(H,18,19,20). The summed E-state index contributed by atoms with van der Waals surface area (Å²) < 4.78 is 1.10. The van der Waals surface area contributed by atoms with Crippen LogP contribution in [0.25, 0.3) is 0 Å². The Balaban J connectivity index is 1.58. The van der Waals surface area contributed by atoms with Gasteiger partial charge in [-0.3, -0.25) is 5.10 Å². The molecule has 21 heavy (non-hydrogen) atoms. The molecule has 3 rings (SSSR count). The van der Waals surface area contributed by atoms with Gasteiger partial charge < -0.3 is 5.32 Å². The summed E-state index contributed by atoms with van der Waals surface area (Å²) in [6.07, 6.45) is 1.51. The van der Waals surface area contributed by atoms with Crippen LogP contribution in [-0.4, -0.2) is 15.2 Å². The van der Waals surface area contributed by atoms with Gasteiger partial charge in [-0.15, -0.1) is 0 Å². The molecule has 2 N–H and O–H groups in total. The number of benzene rings is 2. The molecule has 0 fully saturated rings. The van der Waals surface area contributed by atoms with Gasteiger partial charge in [0.2, 0.25) is 0 Å². The molecule has 0 unspecified atom stereocenters. The second-order valence-electron chi connectivity index (χ2n) is 4.40. The van der Waals surface area contributed by atoms with Gasteiger partial charge in [-0.2, -0.15) is 5.10 Å². The SMILES string of the molecule is Brc1ccc(CNc2ccc(Sc3ncn[nH]3)cc2)cc1. The van der Waals surface area contributed by atoms with Gasteiger partial charge in [0, 0.05) is 21.6 Å². The molecule has 0 aliphatic heterocycles. The Morgan fingerprint density at radius 2 is 1.81 bits per heavy atom. The van der Waals surface area contributed by atoms with Gasteiger partial charge in [-0.1, -0.05) is 39.8 Å². The summed E-state index contributed by atoms with van der Waals surface area (Å²) in [7, 11) is 0. The van der Waals surface area contributed by atoms with Gasteiger partial charge in [-0.25, -0.2) is 4.98 Å². The normalized spacial score (nSPS) is 10.5. The maximum absolute atomic E-state index is 4.09. The lowest BCUT2D eigenvalue weighted by Crippen LogP contribution is -1.98. The first-order valence-corrected chi connectivity index (χ1v) is 8.02. The van der Waals surface area contributed by atoms with Gasteiger partial charge in [0.25, 0.3) is 0 Å². The summed E-state index contributed by atoms with van der Waals surface area (Å²) in [5.74, 6) is 0. The molecule has 4 nitrogen and oxygen atoms in total. The van der Waals surface area contributed by atoms with Crippen LogP contribution >= 0.6 is 27.7 Å². The van der Waals surface area contributed by atoms with Gasteiger partial charge in [-0.05, 0) is 42.0 Å². The molecule has 0 radical (unpaired) electrons. The molecule has 0 amide bonds. The van der Waals surface area contributed by atoms with E-state index in [9.17, 15) is 0 Å². The molecule has 3 aromatic rings. The lowest BCUT2D eigenvalue weighted by molar-refractivity contribution is 0.973. The van der Waals surface area contributed by atoms with E-state index in [1.165, 1.54) is 11.9 Å². The Morgan fingerprint density at radius 3 is 2.48 bits per heavy atom. The van der Waals surface area contributed by atoms with Crippen LogP contribution in [0.1, 0.15) is 5.56 Å². The van der Waals surface area contributed by atoms with Crippen LogP contribution in [0.5, 0.6) is 0 Å². The summed E-state index contributed by atoms with van der Waals surface area (Å²) in [5.41, 5.74) is 2.35. The average Bonchev–Trinajstić information content (AvgIpc) is 3.01. The average molecular weight is 361 g/mol. The number of hydrogen-bond donors (Lipinski definition) is 2. The lowest BCUT2D eigenvalue weighted by atomic mass is 10.2. The smallest absolute Gasteiger partial charge is 0.188 e. The summed E-state index contributed by atoms with van der Waals surface area (Å²) in [5, 5.41) is 10.9. The Kier molecular flexibility index (Phi) is 4.57. The number of H-pyrrole nitrogens is 1. The highest BCUT2D eigenvalue weighted by molar-refractivity contribution is 9.10. The highest BCUT2D eigenvalue weighted by atomic mass is 79.9. The largest absolute Gasteiger partial charge is 0.381 e. The van der Waals surface area contributed by atoms with E-state index in [-0.39, 0.29) is 0 Å². The van der Waals surface area contributed by atoms with Gasteiger partial charge in [0.05, 0.1) is 0 Å².